The van der Waals surface area contributed by atoms with Crippen LogP contribution in [-0.4, -0.2) is 43.8 Å². The summed E-state index contributed by atoms with van der Waals surface area (Å²) in [6.45, 7) is 4.83. The molecule has 1 aliphatic carbocycles. The zero-order valence-electron chi connectivity index (χ0n) is 23.8. The first-order valence-electron chi connectivity index (χ1n) is 14.1. The Labute approximate surface area is 242 Å². The van der Waals surface area contributed by atoms with Crippen molar-refractivity contribution in [2.45, 2.75) is 76.4 Å². The third-order valence-corrected chi connectivity index (χ3v) is 9.34. The Morgan fingerprint density at radius 2 is 1.61 bits per heavy atom. The van der Waals surface area contributed by atoms with Gasteiger partial charge in [-0.3, -0.25) is 13.9 Å². The Morgan fingerprint density at radius 3 is 2.27 bits per heavy atom. The fourth-order valence-electron chi connectivity index (χ4n) is 5.16. The van der Waals surface area contributed by atoms with Crippen molar-refractivity contribution in [1.82, 2.24) is 10.2 Å². The predicted molar refractivity (Wildman–Crippen MR) is 158 cm³/mol. The fraction of sp³-hybridized carbons (Fsp3) is 0.375. The molecule has 0 aliphatic heterocycles. The Bertz CT molecular complexity index is 1470. The molecule has 41 heavy (non-hydrogen) atoms. The Morgan fingerprint density at radius 1 is 0.927 bits per heavy atom. The third-order valence-electron chi connectivity index (χ3n) is 7.56. The van der Waals surface area contributed by atoms with E-state index in [-0.39, 0.29) is 29.1 Å². The van der Waals surface area contributed by atoms with E-state index in [0.717, 1.165) is 59.2 Å². The van der Waals surface area contributed by atoms with E-state index in [1.165, 1.54) is 35.2 Å². The van der Waals surface area contributed by atoms with E-state index >= 15 is 4.39 Å². The van der Waals surface area contributed by atoms with Crippen molar-refractivity contribution in [3.8, 4) is 0 Å². The van der Waals surface area contributed by atoms with Crippen LogP contribution in [0.15, 0.2) is 77.7 Å². The van der Waals surface area contributed by atoms with Gasteiger partial charge in [0.25, 0.3) is 10.0 Å². The second-order valence-corrected chi connectivity index (χ2v) is 12.7. The summed E-state index contributed by atoms with van der Waals surface area (Å²) >= 11 is 0. The van der Waals surface area contributed by atoms with Gasteiger partial charge in [0, 0.05) is 12.6 Å². The van der Waals surface area contributed by atoms with E-state index < -0.39 is 34.3 Å². The van der Waals surface area contributed by atoms with Crippen LogP contribution in [0.4, 0.5) is 10.1 Å². The van der Waals surface area contributed by atoms with Gasteiger partial charge in [-0.2, -0.15) is 0 Å². The van der Waals surface area contributed by atoms with E-state index in [2.05, 4.69) is 5.32 Å². The van der Waals surface area contributed by atoms with Crippen molar-refractivity contribution >= 4 is 27.5 Å². The number of hydrogen-bond acceptors (Lipinski definition) is 4. The van der Waals surface area contributed by atoms with Gasteiger partial charge in [-0.1, -0.05) is 78.9 Å². The Hall–Kier alpha value is -3.72. The van der Waals surface area contributed by atoms with Crippen LogP contribution in [0.2, 0.25) is 0 Å². The number of sulfonamides is 1. The van der Waals surface area contributed by atoms with Crippen molar-refractivity contribution < 1.29 is 22.4 Å². The lowest BCUT2D eigenvalue weighted by Gasteiger charge is -2.33. The molecule has 3 aromatic rings. The molecule has 1 N–H and O–H groups in total. The molecule has 4 rings (SSSR count). The molecule has 1 fully saturated rings. The van der Waals surface area contributed by atoms with Crippen molar-refractivity contribution in [2.75, 3.05) is 10.8 Å². The molecule has 0 saturated heterocycles. The third kappa shape index (κ3) is 7.52. The normalized spacial score (nSPS) is 14.7. The summed E-state index contributed by atoms with van der Waals surface area (Å²) in [5, 5.41) is 3.08. The molecule has 0 unspecified atom stereocenters. The Balaban J connectivity index is 1.68. The maximum absolute atomic E-state index is 15.0. The first-order valence-corrected chi connectivity index (χ1v) is 15.5. The number of benzene rings is 3. The van der Waals surface area contributed by atoms with E-state index in [9.17, 15) is 18.0 Å². The van der Waals surface area contributed by atoms with E-state index in [1.807, 2.05) is 38.1 Å². The van der Waals surface area contributed by atoms with Crippen LogP contribution >= 0.6 is 0 Å². The number of carbonyl (C=O) groups excluding carboxylic acids is 2. The molecule has 218 valence electrons. The lowest BCUT2D eigenvalue weighted by Crippen LogP contribution is -2.53. The average molecular weight is 580 g/mol. The lowest BCUT2D eigenvalue weighted by molar-refractivity contribution is -0.139. The highest BCUT2D eigenvalue weighted by molar-refractivity contribution is 7.92. The molecule has 1 atom stereocenters. The smallest absolute Gasteiger partial charge is 0.264 e. The minimum absolute atomic E-state index is 0.0476. The molecule has 3 aromatic carbocycles. The van der Waals surface area contributed by atoms with Crippen LogP contribution in [-0.2, 0) is 26.2 Å². The molecule has 7 nitrogen and oxygen atoms in total. The number of rotatable bonds is 10. The maximum Gasteiger partial charge on any atom is 0.264 e. The van der Waals surface area contributed by atoms with E-state index in [0.29, 0.717) is 0 Å². The monoisotopic (exact) mass is 579 g/mol. The largest absolute Gasteiger partial charge is 0.352 e. The Kier molecular flexibility index (Phi) is 9.81. The number of carbonyl (C=O) groups is 2. The second-order valence-electron chi connectivity index (χ2n) is 10.8. The molecule has 0 aromatic heterocycles. The molecular weight excluding hydrogens is 541 g/mol. The van der Waals surface area contributed by atoms with Crippen LogP contribution in [0.3, 0.4) is 0 Å². The molecule has 0 radical (unpaired) electrons. The molecule has 9 heteroatoms. The molecule has 2 amide bonds. The molecule has 0 bridgehead atoms. The topological polar surface area (TPSA) is 86.8 Å². The van der Waals surface area contributed by atoms with Gasteiger partial charge in [0.15, 0.2) is 0 Å². The summed E-state index contributed by atoms with van der Waals surface area (Å²) in [6, 6.07) is 18.4. The highest BCUT2D eigenvalue weighted by atomic mass is 32.2. The van der Waals surface area contributed by atoms with E-state index in [4.69, 9.17) is 0 Å². The van der Waals surface area contributed by atoms with Gasteiger partial charge in [0.2, 0.25) is 11.8 Å². The van der Waals surface area contributed by atoms with Crippen molar-refractivity contribution in [2.24, 2.45) is 0 Å². The number of halogens is 1. The standard InChI is InChI=1S/C32H38FN3O4S/c1-23-16-18-28(19-17-23)41(39,40)36(30-15-8-7-14-29(30)33)22-31(37)35(21-26-11-9-10-24(2)20-26)25(3)32(38)34-27-12-5-4-6-13-27/h7-11,14-20,25,27H,4-6,12-13,21-22H2,1-3H3,(H,34,38)/t25-/m1/s1. The van der Waals surface area contributed by atoms with Gasteiger partial charge >= 0.3 is 0 Å². The minimum Gasteiger partial charge on any atom is -0.352 e. The number of para-hydroxylation sites is 1. The average Bonchev–Trinajstić information content (AvgIpc) is 2.95. The second kappa shape index (κ2) is 13.3. The van der Waals surface area contributed by atoms with Crippen LogP contribution in [0.1, 0.15) is 55.7 Å². The fourth-order valence-corrected chi connectivity index (χ4v) is 6.59. The van der Waals surface area contributed by atoms with Gasteiger partial charge in [0.05, 0.1) is 10.6 Å². The number of aryl methyl sites for hydroxylation is 2. The predicted octanol–water partition coefficient (Wildman–Crippen LogP) is 5.50. The van der Waals surface area contributed by atoms with Gasteiger partial charge < -0.3 is 10.2 Å². The highest BCUT2D eigenvalue weighted by Gasteiger charge is 2.34. The zero-order chi connectivity index (χ0) is 29.6. The maximum atomic E-state index is 15.0. The number of nitrogens with zero attached hydrogens (tertiary/aromatic N) is 2. The van der Waals surface area contributed by atoms with Crippen LogP contribution in [0.5, 0.6) is 0 Å². The highest BCUT2D eigenvalue weighted by Crippen LogP contribution is 2.27. The van der Waals surface area contributed by atoms with E-state index in [1.54, 1.807) is 19.1 Å². The summed E-state index contributed by atoms with van der Waals surface area (Å²) in [7, 11) is -4.32. The lowest BCUT2D eigenvalue weighted by atomic mass is 9.95. The van der Waals surface area contributed by atoms with Crippen LogP contribution < -0.4 is 9.62 Å². The summed E-state index contributed by atoms with van der Waals surface area (Å²) in [5.41, 5.74) is 2.41. The van der Waals surface area contributed by atoms with Gasteiger partial charge in [-0.05, 0) is 63.4 Å². The summed E-state index contributed by atoms with van der Waals surface area (Å²) in [6.07, 6.45) is 5.00. The summed E-state index contributed by atoms with van der Waals surface area (Å²) < 4.78 is 43.5. The van der Waals surface area contributed by atoms with Gasteiger partial charge in [0.1, 0.15) is 18.4 Å². The molecule has 1 aliphatic rings. The summed E-state index contributed by atoms with van der Waals surface area (Å²) in [4.78, 5) is 28.7. The zero-order valence-corrected chi connectivity index (χ0v) is 24.7. The number of hydrogen-bond donors (Lipinski definition) is 1. The quantitative estimate of drug-likeness (QED) is 0.344. The molecule has 0 spiro atoms. The number of amides is 2. The van der Waals surface area contributed by atoms with Crippen molar-refractivity contribution in [3.63, 3.8) is 0 Å². The first-order chi connectivity index (χ1) is 19.6. The molecule has 0 heterocycles. The van der Waals surface area contributed by atoms with Crippen molar-refractivity contribution in [3.05, 3.63) is 95.3 Å². The van der Waals surface area contributed by atoms with Crippen LogP contribution in [0, 0.1) is 19.7 Å². The number of anilines is 1. The summed E-state index contributed by atoms with van der Waals surface area (Å²) in [5.74, 6) is -1.68. The van der Waals surface area contributed by atoms with Crippen molar-refractivity contribution in [1.29, 1.82) is 0 Å². The molecular formula is C32H38FN3O4S. The molecule has 1 saturated carbocycles. The number of nitrogens with one attached hydrogen (secondary N) is 1. The first kappa shape index (κ1) is 30.2. The minimum atomic E-state index is -4.32. The SMILES string of the molecule is Cc1ccc(S(=O)(=O)N(CC(=O)N(Cc2cccc(C)c2)[C@H](C)C(=O)NC2CCCCC2)c2ccccc2F)cc1. The van der Waals surface area contributed by atoms with Gasteiger partial charge in [-0.25, -0.2) is 12.8 Å². The van der Waals surface area contributed by atoms with Gasteiger partial charge in [-0.15, -0.1) is 0 Å². The van der Waals surface area contributed by atoms with Crippen LogP contribution in [0.25, 0.3) is 0 Å².